The first kappa shape index (κ1) is 35.4. The van der Waals surface area contributed by atoms with Crippen molar-refractivity contribution < 1.29 is 30.0 Å². The number of thiophene rings is 1. The molecule has 0 bridgehead atoms. The van der Waals surface area contributed by atoms with Crippen LogP contribution in [0.4, 0.5) is 0 Å². The van der Waals surface area contributed by atoms with Crippen molar-refractivity contribution in [3.8, 4) is 11.3 Å². The van der Waals surface area contributed by atoms with Crippen LogP contribution < -0.4 is 0 Å². The second-order valence-electron chi connectivity index (χ2n) is 12.5. The molecule has 0 fully saturated rings. The molecule has 0 spiro atoms. The van der Waals surface area contributed by atoms with E-state index in [1.807, 2.05) is 48.5 Å². The summed E-state index contributed by atoms with van der Waals surface area (Å²) in [6.07, 6.45) is 4.75. The van der Waals surface area contributed by atoms with Crippen LogP contribution in [-0.4, -0.2) is 20.9 Å². The van der Waals surface area contributed by atoms with Crippen molar-refractivity contribution in [3.63, 3.8) is 0 Å². The van der Waals surface area contributed by atoms with Crippen molar-refractivity contribution in [2.24, 2.45) is 10.8 Å². The molecule has 0 aliphatic rings. The molecule has 0 unspecified atom stereocenters. The Labute approximate surface area is 290 Å². The normalized spacial score (nSPS) is 12.3. The van der Waals surface area contributed by atoms with Crippen LogP contribution in [0.2, 0.25) is 0 Å². The average molecular weight is 808 g/mol. The van der Waals surface area contributed by atoms with Crippen LogP contribution in [0.3, 0.4) is 0 Å². The third kappa shape index (κ3) is 6.81. The molecule has 2 aromatic heterocycles. The zero-order valence-electron chi connectivity index (χ0n) is 27.8. The van der Waals surface area contributed by atoms with Gasteiger partial charge in [-0.2, -0.15) is 0 Å². The molecule has 1 N–H and O–H groups in total. The number of aryl methyl sites for hydroxylation is 1. The molecule has 0 saturated carbocycles. The fourth-order valence-electron chi connectivity index (χ4n) is 5.69. The van der Waals surface area contributed by atoms with Gasteiger partial charge in [-0.05, 0) is 49.4 Å². The molecule has 0 atom stereocenters. The minimum Gasteiger partial charge on any atom is -0.512 e. The molecule has 0 saturated heterocycles. The number of carbonyl (C=O) groups is 1. The Morgan fingerprint density at radius 1 is 0.826 bits per heavy atom. The molecule has 0 aliphatic heterocycles. The Morgan fingerprint density at radius 2 is 1.43 bits per heavy atom. The van der Waals surface area contributed by atoms with Gasteiger partial charge in [-0.25, -0.2) is 4.98 Å². The van der Waals surface area contributed by atoms with E-state index in [4.69, 9.17) is 9.97 Å². The van der Waals surface area contributed by atoms with Gasteiger partial charge in [0.25, 0.3) is 0 Å². The molecule has 0 aliphatic carbocycles. The second kappa shape index (κ2) is 14.5. The average Bonchev–Trinajstić information content (AvgIpc) is 3.45. The van der Waals surface area contributed by atoms with Crippen molar-refractivity contribution >= 4 is 59.0 Å². The Kier molecular flexibility index (Phi) is 11.2. The molecule has 2 heterocycles. The van der Waals surface area contributed by atoms with Crippen LogP contribution in [0.15, 0.2) is 84.6 Å². The summed E-state index contributed by atoms with van der Waals surface area (Å²) in [7, 11) is 0. The number of carbonyl (C=O) groups excluding carboxylic acids is 1. The number of aromatic nitrogens is 2. The number of benzene rings is 4. The van der Waals surface area contributed by atoms with Crippen molar-refractivity contribution in [1.82, 2.24) is 9.97 Å². The molecule has 6 heteroatoms. The maximum Gasteiger partial charge on any atom is 0.164 e. The predicted octanol–water partition coefficient (Wildman–Crippen LogP) is 11.6. The van der Waals surface area contributed by atoms with Crippen molar-refractivity contribution in [2.45, 2.75) is 74.1 Å². The SMILES string of the molecule is CCC(C)(CC)C(=O)/C=C(\O)C(C)(CC)CC.Cc1nc(-c2[c-]cc3ccccc3c2)c2c(n1)sc1ccc3ccccc3c12.[Ir]. The number of nitrogens with zero attached hydrogens (tertiary/aromatic N) is 2. The number of aliphatic hydroxyl groups excluding tert-OH is 1. The van der Waals surface area contributed by atoms with Gasteiger partial charge in [-0.3, -0.25) is 9.78 Å². The second-order valence-corrected chi connectivity index (χ2v) is 13.5. The Morgan fingerprint density at radius 3 is 2.09 bits per heavy atom. The summed E-state index contributed by atoms with van der Waals surface area (Å²) in [5.41, 5.74) is 1.38. The number of fused-ring (bicyclic) bond motifs is 6. The molecular weight excluding hydrogens is 765 g/mol. The van der Waals surface area contributed by atoms with Gasteiger partial charge in [0.05, 0.1) is 0 Å². The van der Waals surface area contributed by atoms with E-state index in [0.29, 0.717) is 0 Å². The van der Waals surface area contributed by atoms with E-state index in [1.165, 1.54) is 37.7 Å². The maximum atomic E-state index is 12.2. The zero-order valence-corrected chi connectivity index (χ0v) is 31.0. The summed E-state index contributed by atoms with van der Waals surface area (Å²) < 4.78 is 1.25. The van der Waals surface area contributed by atoms with Gasteiger partial charge in [0.1, 0.15) is 16.4 Å². The Hall–Kier alpha value is -3.44. The number of rotatable bonds is 8. The third-order valence-corrected chi connectivity index (χ3v) is 10.9. The van der Waals surface area contributed by atoms with E-state index in [0.717, 1.165) is 53.0 Å². The summed E-state index contributed by atoms with van der Waals surface area (Å²) in [5, 5.41) is 17.4. The van der Waals surface area contributed by atoms with Gasteiger partial charge in [0.2, 0.25) is 0 Å². The standard InChI is InChI=1S/C25H15N2S.C15H28O2.Ir/c1-15-26-24(19-11-10-16-6-2-3-8-18(16)14-19)23-22-20-9-5-4-7-17(20)12-13-21(22)28-25(23)27-15;1-7-14(5,8-2)12(16)11-13(17)15(6,9-3)10-4;/h2-10,12-14H,1H3;11,16H,7-10H2,1-6H3;/q-1;;/b;12-11-;. The molecule has 0 amide bonds. The predicted molar refractivity (Wildman–Crippen MR) is 192 cm³/mol. The molecule has 6 rings (SSSR count). The van der Waals surface area contributed by atoms with E-state index >= 15 is 0 Å². The van der Waals surface area contributed by atoms with E-state index in [-0.39, 0.29) is 42.5 Å². The Bertz CT molecular complexity index is 2040. The summed E-state index contributed by atoms with van der Waals surface area (Å²) in [4.78, 5) is 22.9. The fourth-order valence-corrected chi connectivity index (χ4v) is 6.82. The van der Waals surface area contributed by atoms with E-state index in [1.54, 1.807) is 11.3 Å². The number of hydrogen-bond acceptors (Lipinski definition) is 5. The van der Waals surface area contributed by atoms with Crippen LogP contribution in [0.25, 0.3) is 53.1 Å². The van der Waals surface area contributed by atoms with Crippen LogP contribution in [0.1, 0.15) is 73.1 Å². The van der Waals surface area contributed by atoms with Crippen molar-refractivity contribution in [1.29, 1.82) is 0 Å². The number of allylic oxidation sites excluding steroid dienone is 2. The molecule has 46 heavy (non-hydrogen) atoms. The molecule has 1 radical (unpaired) electrons. The van der Waals surface area contributed by atoms with Crippen molar-refractivity contribution in [2.75, 3.05) is 0 Å². The zero-order chi connectivity index (χ0) is 32.4. The summed E-state index contributed by atoms with van der Waals surface area (Å²) in [5.74, 6) is 1.08. The van der Waals surface area contributed by atoms with E-state index in [2.05, 4.69) is 78.9 Å². The largest absolute Gasteiger partial charge is 0.512 e. The summed E-state index contributed by atoms with van der Waals surface area (Å²) in [6, 6.07) is 29.0. The first-order valence-corrected chi connectivity index (χ1v) is 16.8. The van der Waals surface area contributed by atoms with Gasteiger partial charge in [0.15, 0.2) is 5.78 Å². The number of hydrogen-bond donors (Lipinski definition) is 1. The van der Waals surface area contributed by atoms with Gasteiger partial charge in [-0.1, -0.05) is 102 Å². The fraction of sp³-hybridized carbons (Fsp3) is 0.325. The monoisotopic (exact) mass is 808 g/mol. The molecule has 241 valence electrons. The van der Waals surface area contributed by atoms with Crippen LogP contribution in [0, 0.1) is 23.8 Å². The van der Waals surface area contributed by atoms with Gasteiger partial charge < -0.3 is 5.11 Å². The van der Waals surface area contributed by atoms with E-state index in [9.17, 15) is 9.90 Å². The number of aliphatic hydroxyl groups is 1. The first-order chi connectivity index (χ1) is 21.6. The molecule has 6 aromatic rings. The van der Waals surface area contributed by atoms with Crippen LogP contribution in [-0.2, 0) is 24.9 Å². The molecular formula is C40H43IrN2O2S-. The van der Waals surface area contributed by atoms with Gasteiger partial charge >= 0.3 is 0 Å². The van der Waals surface area contributed by atoms with Gasteiger partial charge in [0, 0.05) is 58.2 Å². The smallest absolute Gasteiger partial charge is 0.164 e. The minimum absolute atomic E-state index is 0. The van der Waals surface area contributed by atoms with Gasteiger partial charge in [-0.15, -0.1) is 40.5 Å². The van der Waals surface area contributed by atoms with Crippen LogP contribution >= 0.6 is 11.3 Å². The summed E-state index contributed by atoms with van der Waals surface area (Å²) in [6.45, 7) is 14.0. The third-order valence-electron chi connectivity index (χ3n) is 9.87. The Balaban J connectivity index is 0.000000234. The summed E-state index contributed by atoms with van der Waals surface area (Å²) >= 11 is 1.74. The number of ketones is 1. The maximum absolute atomic E-state index is 12.2. The molecule has 4 aromatic carbocycles. The first-order valence-electron chi connectivity index (χ1n) is 16.0. The quantitative estimate of drug-likeness (QED) is 0.0945. The van der Waals surface area contributed by atoms with Crippen LogP contribution in [0.5, 0.6) is 0 Å². The minimum atomic E-state index is -0.337. The molecule has 4 nitrogen and oxygen atoms in total. The van der Waals surface area contributed by atoms with E-state index < -0.39 is 0 Å². The van der Waals surface area contributed by atoms with Crippen molar-refractivity contribution in [3.05, 3.63) is 96.5 Å². The topological polar surface area (TPSA) is 63.1 Å².